The number of rotatable bonds is 5. The summed E-state index contributed by atoms with van der Waals surface area (Å²) in [6, 6.07) is 15.3. The zero-order chi connectivity index (χ0) is 17.1. The van der Waals surface area contributed by atoms with Crippen molar-refractivity contribution in [1.82, 2.24) is 0 Å². The van der Waals surface area contributed by atoms with Gasteiger partial charge in [0.2, 0.25) is 0 Å². The molecule has 24 heavy (non-hydrogen) atoms. The number of allylic oxidation sites excluding steroid dienone is 1. The van der Waals surface area contributed by atoms with Gasteiger partial charge < -0.3 is 5.73 Å². The van der Waals surface area contributed by atoms with Gasteiger partial charge in [-0.1, -0.05) is 36.4 Å². The van der Waals surface area contributed by atoms with E-state index in [1.165, 1.54) is 40.0 Å². The molecule has 2 unspecified atom stereocenters. The van der Waals surface area contributed by atoms with Crippen LogP contribution >= 0.6 is 11.8 Å². The highest BCUT2D eigenvalue weighted by Gasteiger charge is 2.30. The van der Waals surface area contributed by atoms with Crippen LogP contribution in [0.25, 0.3) is 0 Å². The average Bonchev–Trinajstić information content (AvgIpc) is 2.90. The quantitative estimate of drug-likeness (QED) is 0.432. The van der Waals surface area contributed by atoms with Crippen molar-refractivity contribution >= 4 is 17.4 Å². The second-order valence-corrected chi connectivity index (χ2v) is 7.87. The summed E-state index contributed by atoms with van der Waals surface area (Å²) in [4.78, 5) is 1.38. The molecule has 0 heterocycles. The Kier molecular flexibility index (Phi) is 5.35. The largest absolute Gasteiger partial charge is 0.399 e. The molecule has 1 nitrogen and oxygen atoms in total. The number of hydrogen-bond acceptors (Lipinski definition) is 2. The van der Waals surface area contributed by atoms with Crippen molar-refractivity contribution in [2.45, 2.75) is 37.5 Å². The van der Waals surface area contributed by atoms with Crippen LogP contribution in [0.4, 0.5) is 5.69 Å². The molecule has 2 aromatic rings. The second-order valence-electron chi connectivity index (χ2n) is 7.02. The molecular formula is C22H27NS. The lowest BCUT2D eigenvalue weighted by molar-refractivity contribution is 0.416. The molecule has 0 spiro atoms. The lowest BCUT2D eigenvalue weighted by Gasteiger charge is -2.21. The first-order valence-electron chi connectivity index (χ1n) is 8.72. The molecule has 0 radical (unpaired) electrons. The normalized spacial score (nSPS) is 20.5. The highest BCUT2D eigenvalue weighted by atomic mass is 32.2. The van der Waals surface area contributed by atoms with Gasteiger partial charge >= 0.3 is 0 Å². The molecule has 0 aromatic heterocycles. The average molecular weight is 338 g/mol. The topological polar surface area (TPSA) is 26.0 Å². The Labute approximate surface area is 150 Å². The Morgan fingerprint density at radius 3 is 2.46 bits per heavy atom. The first kappa shape index (κ1) is 17.2. The molecule has 1 saturated carbocycles. The maximum atomic E-state index is 5.81. The van der Waals surface area contributed by atoms with Crippen molar-refractivity contribution in [3.8, 4) is 0 Å². The number of nitrogens with two attached hydrogens (primary N) is 1. The molecule has 3 rings (SSSR count). The van der Waals surface area contributed by atoms with Crippen LogP contribution in [-0.4, -0.2) is 6.26 Å². The summed E-state index contributed by atoms with van der Waals surface area (Å²) in [5.41, 5.74) is 12.3. The Morgan fingerprint density at radius 1 is 1.08 bits per heavy atom. The molecule has 2 atom stereocenters. The minimum atomic E-state index is 0.592. The van der Waals surface area contributed by atoms with Crippen molar-refractivity contribution in [3.05, 3.63) is 71.3 Å². The lowest BCUT2D eigenvalue weighted by Crippen LogP contribution is -2.15. The highest BCUT2D eigenvalue weighted by molar-refractivity contribution is 7.98. The zero-order valence-electron chi connectivity index (χ0n) is 14.7. The first-order valence-corrected chi connectivity index (χ1v) is 9.95. The summed E-state index contributed by atoms with van der Waals surface area (Å²) in [5, 5.41) is 0. The Hall–Kier alpha value is -1.67. The van der Waals surface area contributed by atoms with Crippen LogP contribution in [0.1, 0.15) is 29.5 Å². The third-order valence-corrected chi connectivity index (χ3v) is 6.22. The number of thioether (sulfide) groups is 1. The van der Waals surface area contributed by atoms with Crippen LogP contribution in [0.5, 0.6) is 0 Å². The Balaban J connectivity index is 1.73. The van der Waals surface area contributed by atoms with Crippen LogP contribution in [0.15, 0.2) is 59.5 Å². The summed E-state index contributed by atoms with van der Waals surface area (Å²) in [5.74, 6) is 1.30. The maximum Gasteiger partial charge on any atom is 0.0314 e. The summed E-state index contributed by atoms with van der Waals surface area (Å²) >= 11 is 1.83. The van der Waals surface area contributed by atoms with Crippen molar-refractivity contribution in [1.29, 1.82) is 0 Å². The monoisotopic (exact) mass is 337 g/mol. The summed E-state index contributed by atoms with van der Waals surface area (Å²) in [6.07, 6.45) is 6.83. The van der Waals surface area contributed by atoms with E-state index in [-0.39, 0.29) is 0 Å². The fourth-order valence-electron chi connectivity index (χ4n) is 3.92. The van der Waals surface area contributed by atoms with Gasteiger partial charge in [-0.3, -0.25) is 0 Å². The number of nitrogen functional groups attached to an aromatic ring is 1. The molecule has 1 aliphatic rings. The van der Waals surface area contributed by atoms with E-state index in [9.17, 15) is 0 Å². The van der Waals surface area contributed by atoms with Gasteiger partial charge in [0.15, 0.2) is 0 Å². The summed E-state index contributed by atoms with van der Waals surface area (Å²) in [6.45, 7) is 6.58. The van der Waals surface area contributed by atoms with E-state index in [4.69, 9.17) is 5.73 Å². The van der Waals surface area contributed by atoms with Crippen LogP contribution in [0, 0.1) is 18.8 Å². The van der Waals surface area contributed by atoms with Gasteiger partial charge in [0, 0.05) is 10.6 Å². The predicted octanol–water partition coefficient (Wildman–Crippen LogP) is 5.67. The smallest absolute Gasteiger partial charge is 0.0314 e. The van der Waals surface area contributed by atoms with Crippen molar-refractivity contribution in [2.24, 2.45) is 11.8 Å². The maximum absolute atomic E-state index is 5.81. The minimum absolute atomic E-state index is 0.592. The summed E-state index contributed by atoms with van der Waals surface area (Å²) in [7, 11) is 0. The van der Waals surface area contributed by atoms with E-state index in [2.05, 4.69) is 50.1 Å². The van der Waals surface area contributed by atoms with Crippen molar-refractivity contribution in [3.63, 3.8) is 0 Å². The van der Waals surface area contributed by atoms with Crippen molar-refractivity contribution < 1.29 is 0 Å². The van der Waals surface area contributed by atoms with E-state index in [0.717, 1.165) is 18.5 Å². The fourth-order valence-corrected chi connectivity index (χ4v) is 4.51. The molecule has 0 bridgehead atoms. The van der Waals surface area contributed by atoms with E-state index in [1.54, 1.807) is 0 Å². The third kappa shape index (κ3) is 3.87. The van der Waals surface area contributed by atoms with Gasteiger partial charge in [-0.2, -0.15) is 0 Å². The molecule has 1 aliphatic carbocycles. The van der Waals surface area contributed by atoms with Crippen LogP contribution in [-0.2, 0) is 12.8 Å². The molecular weight excluding hydrogens is 310 g/mol. The zero-order valence-corrected chi connectivity index (χ0v) is 15.5. The molecule has 0 amide bonds. The van der Waals surface area contributed by atoms with Gasteiger partial charge in [-0.15, -0.1) is 11.8 Å². The van der Waals surface area contributed by atoms with Crippen LogP contribution in [0.2, 0.25) is 0 Å². The lowest BCUT2D eigenvalue weighted by atomic mass is 9.84. The SMILES string of the molecule is C=C1CCC(Cc2ccc(SC)c(C)c2)C1Cc1ccc(N)cc1. The number of benzene rings is 2. The number of anilines is 1. The standard InChI is InChI=1S/C22H27NS/c1-15-4-8-19(13-18-7-11-22(24-3)16(2)12-18)21(15)14-17-5-9-20(23)10-6-17/h5-7,9-12,19,21H,1,4,8,13-14,23H2,2-3H3. The fraction of sp³-hybridized carbons (Fsp3) is 0.364. The van der Waals surface area contributed by atoms with Crippen LogP contribution < -0.4 is 5.73 Å². The van der Waals surface area contributed by atoms with Gasteiger partial charge in [-0.25, -0.2) is 0 Å². The Morgan fingerprint density at radius 2 is 1.79 bits per heavy atom. The van der Waals surface area contributed by atoms with E-state index in [1.807, 2.05) is 23.9 Å². The van der Waals surface area contributed by atoms with Crippen molar-refractivity contribution in [2.75, 3.05) is 12.0 Å². The van der Waals surface area contributed by atoms with Gasteiger partial charge in [0.05, 0.1) is 0 Å². The van der Waals surface area contributed by atoms with Crippen LogP contribution in [0.3, 0.4) is 0 Å². The number of hydrogen-bond donors (Lipinski definition) is 1. The number of aryl methyl sites for hydroxylation is 1. The Bertz CT molecular complexity index is 717. The van der Waals surface area contributed by atoms with E-state index < -0.39 is 0 Å². The van der Waals surface area contributed by atoms with Gasteiger partial charge in [-0.05, 0) is 85.6 Å². The molecule has 2 heteroatoms. The van der Waals surface area contributed by atoms with Gasteiger partial charge in [0.25, 0.3) is 0 Å². The van der Waals surface area contributed by atoms with E-state index >= 15 is 0 Å². The molecule has 2 N–H and O–H groups in total. The minimum Gasteiger partial charge on any atom is -0.399 e. The molecule has 0 aliphatic heterocycles. The molecule has 126 valence electrons. The van der Waals surface area contributed by atoms with E-state index in [0.29, 0.717) is 11.8 Å². The summed E-state index contributed by atoms with van der Waals surface area (Å²) < 4.78 is 0. The third-order valence-electron chi connectivity index (χ3n) is 5.32. The van der Waals surface area contributed by atoms with Gasteiger partial charge in [0.1, 0.15) is 0 Å². The highest BCUT2D eigenvalue weighted by Crippen LogP contribution is 2.40. The molecule has 2 aromatic carbocycles. The first-order chi connectivity index (χ1) is 11.6. The second kappa shape index (κ2) is 7.48. The predicted molar refractivity (Wildman–Crippen MR) is 107 cm³/mol. The molecule has 0 saturated heterocycles. The molecule has 1 fully saturated rings.